The second kappa shape index (κ2) is 13.5. The Balaban J connectivity index is 0.00000507. The molecule has 3 rings (SSSR count). The summed E-state index contributed by atoms with van der Waals surface area (Å²) in [6.07, 6.45) is 3.19. The predicted molar refractivity (Wildman–Crippen MR) is 149 cm³/mol. The van der Waals surface area contributed by atoms with Gasteiger partial charge in [-0.15, -0.1) is 0 Å². The van der Waals surface area contributed by atoms with Crippen molar-refractivity contribution in [2.45, 2.75) is 77.4 Å². The van der Waals surface area contributed by atoms with E-state index in [0.29, 0.717) is 37.0 Å². The van der Waals surface area contributed by atoms with E-state index in [4.69, 9.17) is 5.73 Å². The summed E-state index contributed by atoms with van der Waals surface area (Å²) in [5.74, 6) is -2.63. The molecule has 1 aliphatic heterocycles. The zero-order chi connectivity index (χ0) is 27.4. The molecule has 1 amide bonds. The Hall–Kier alpha value is -2.53. The van der Waals surface area contributed by atoms with Crippen molar-refractivity contribution in [1.82, 2.24) is 4.90 Å². The predicted octanol–water partition coefficient (Wildman–Crippen LogP) is 1.69. The fourth-order valence-corrected chi connectivity index (χ4v) is 6.32. The van der Waals surface area contributed by atoms with E-state index in [0.717, 1.165) is 29.7 Å². The highest BCUT2D eigenvalue weighted by atomic mass is 16.3. The van der Waals surface area contributed by atoms with Gasteiger partial charge in [-0.1, -0.05) is 0 Å². The van der Waals surface area contributed by atoms with Crippen molar-refractivity contribution >= 4 is 23.2 Å². The van der Waals surface area contributed by atoms with Crippen LogP contribution in [0, 0.1) is 17.8 Å². The summed E-state index contributed by atoms with van der Waals surface area (Å²) < 4.78 is 0. The van der Waals surface area contributed by atoms with Crippen LogP contribution in [-0.2, 0) is 22.6 Å². The number of amides is 1. The lowest BCUT2D eigenvalue weighted by Crippen LogP contribution is -2.34. The number of hydrogen-bond acceptors (Lipinski definition) is 8. The first-order valence-corrected chi connectivity index (χ1v) is 13.3. The van der Waals surface area contributed by atoms with Gasteiger partial charge in [0.1, 0.15) is 11.5 Å². The molecular formula is C28H49N3O7. The van der Waals surface area contributed by atoms with Crippen molar-refractivity contribution < 1.29 is 38.0 Å². The lowest BCUT2D eigenvalue weighted by atomic mass is 9.73. The lowest BCUT2D eigenvalue weighted by molar-refractivity contribution is -0.131. The molecule has 0 aromatic heterocycles. The normalized spacial score (nSPS) is 22.9. The summed E-state index contributed by atoms with van der Waals surface area (Å²) in [5.41, 5.74) is 8.01. The number of benzene rings is 1. The molecule has 0 bridgehead atoms. The van der Waals surface area contributed by atoms with Crippen molar-refractivity contribution in [3.8, 4) is 5.75 Å². The quantitative estimate of drug-likeness (QED) is 0.290. The number of primary amides is 1. The Morgan fingerprint density at radius 2 is 1.82 bits per heavy atom. The van der Waals surface area contributed by atoms with Gasteiger partial charge in [0.15, 0.2) is 5.78 Å². The van der Waals surface area contributed by atoms with Crippen LogP contribution in [0.2, 0.25) is 0 Å². The third-order valence-electron chi connectivity index (χ3n) is 8.34. The van der Waals surface area contributed by atoms with Crippen LogP contribution in [-0.4, -0.2) is 82.6 Å². The minimum absolute atomic E-state index is 0. The van der Waals surface area contributed by atoms with Gasteiger partial charge in [-0.2, -0.15) is 0 Å². The molecule has 5 unspecified atom stereocenters. The molecule has 0 saturated carbocycles. The second-order valence-electron chi connectivity index (χ2n) is 11.2. The summed E-state index contributed by atoms with van der Waals surface area (Å²) in [6, 6.07) is 2.81. The number of carbonyl (C=O) groups excluding carboxylic acids is 3. The summed E-state index contributed by atoms with van der Waals surface area (Å²) in [4.78, 5) is 41.6. The molecule has 218 valence electrons. The number of aliphatic hydroxyl groups excluding tert-OH is 2. The summed E-state index contributed by atoms with van der Waals surface area (Å²) in [5, 5.41) is 30.8. The summed E-state index contributed by atoms with van der Waals surface area (Å²) in [7, 11) is 3.84. The molecule has 2 aliphatic rings. The molecule has 0 radical (unpaired) electrons. The molecule has 38 heavy (non-hydrogen) atoms. The van der Waals surface area contributed by atoms with Crippen molar-refractivity contribution in [3.05, 3.63) is 22.8 Å². The number of rotatable bonds is 12. The molecule has 1 aromatic rings. The van der Waals surface area contributed by atoms with Crippen molar-refractivity contribution in [3.63, 3.8) is 0 Å². The Morgan fingerprint density at radius 1 is 1.18 bits per heavy atom. The standard InChI is InChI=1S/C28H43N3O6.H2O.2H2/c1-16-5-6-17(2)31(16)14-20-12-23(30(3)4)21-10-18(11-25(35)27(21)28(20)37)9-19(7-8-32)22(15-33)24(34)13-26(29)36;;;/h12,16-19,22,32-33,37H,5-11,13-15H2,1-4H3,(H2,29,36);1H2;2*1H. The Labute approximate surface area is 228 Å². The number of aromatic hydroxyl groups is 1. The van der Waals surface area contributed by atoms with E-state index in [9.17, 15) is 29.7 Å². The number of nitrogens with zero attached hydrogens (tertiary/aromatic N) is 2. The number of fused-ring (bicyclic) bond motifs is 1. The van der Waals surface area contributed by atoms with Crippen LogP contribution in [0.1, 0.15) is 76.7 Å². The van der Waals surface area contributed by atoms with Crippen LogP contribution in [0.15, 0.2) is 6.07 Å². The van der Waals surface area contributed by atoms with E-state index in [1.807, 2.05) is 25.1 Å². The first-order valence-electron chi connectivity index (χ1n) is 13.3. The first kappa shape index (κ1) is 31.7. The molecule has 1 heterocycles. The van der Waals surface area contributed by atoms with Gasteiger partial charge in [0.2, 0.25) is 5.91 Å². The van der Waals surface area contributed by atoms with Crippen LogP contribution in [0.25, 0.3) is 0 Å². The zero-order valence-corrected chi connectivity index (χ0v) is 23.1. The first-order chi connectivity index (χ1) is 17.5. The third kappa shape index (κ3) is 6.91. The molecule has 7 N–H and O–H groups in total. The van der Waals surface area contributed by atoms with Crippen molar-refractivity contribution in [2.24, 2.45) is 23.5 Å². The molecule has 0 spiro atoms. The zero-order valence-electron chi connectivity index (χ0n) is 23.1. The maximum absolute atomic E-state index is 13.4. The highest BCUT2D eigenvalue weighted by molar-refractivity contribution is 6.03. The van der Waals surface area contributed by atoms with Gasteiger partial charge in [0, 0.05) is 65.8 Å². The number of aliphatic hydroxyl groups is 2. The molecule has 1 fully saturated rings. The average molecular weight is 540 g/mol. The van der Waals surface area contributed by atoms with Crippen LogP contribution in [0.5, 0.6) is 5.75 Å². The van der Waals surface area contributed by atoms with Gasteiger partial charge >= 0.3 is 0 Å². The third-order valence-corrected chi connectivity index (χ3v) is 8.34. The fraction of sp³-hybridized carbons (Fsp3) is 0.679. The van der Waals surface area contributed by atoms with E-state index >= 15 is 0 Å². The Bertz CT molecular complexity index is 1010. The lowest BCUT2D eigenvalue weighted by Gasteiger charge is -2.34. The average Bonchev–Trinajstić information content (AvgIpc) is 3.12. The number of phenolic OH excluding ortho intramolecular Hbond substituents is 1. The molecule has 10 heteroatoms. The highest BCUT2D eigenvalue weighted by Crippen LogP contribution is 2.43. The van der Waals surface area contributed by atoms with E-state index in [2.05, 4.69) is 18.7 Å². The largest absolute Gasteiger partial charge is 0.507 e. The minimum atomic E-state index is -0.829. The van der Waals surface area contributed by atoms with Gasteiger partial charge in [-0.3, -0.25) is 19.3 Å². The summed E-state index contributed by atoms with van der Waals surface area (Å²) in [6.45, 7) is 4.34. The summed E-state index contributed by atoms with van der Waals surface area (Å²) >= 11 is 0. The molecule has 5 atom stereocenters. The van der Waals surface area contributed by atoms with Crippen LogP contribution < -0.4 is 10.6 Å². The fourth-order valence-electron chi connectivity index (χ4n) is 6.32. The van der Waals surface area contributed by atoms with E-state index in [1.165, 1.54) is 0 Å². The minimum Gasteiger partial charge on any atom is -0.507 e. The number of phenols is 1. The van der Waals surface area contributed by atoms with Gasteiger partial charge in [0.05, 0.1) is 18.6 Å². The molecule has 1 saturated heterocycles. The number of nitrogens with two attached hydrogens (primary N) is 1. The monoisotopic (exact) mass is 539 g/mol. The van der Waals surface area contributed by atoms with Crippen LogP contribution in [0.3, 0.4) is 0 Å². The van der Waals surface area contributed by atoms with Crippen molar-refractivity contribution in [2.75, 3.05) is 32.2 Å². The number of Topliss-reactive ketones (excluding diaryl/α,β-unsaturated/α-hetero) is 2. The molecule has 1 aliphatic carbocycles. The van der Waals surface area contributed by atoms with Crippen LogP contribution in [0.4, 0.5) is 5.69 Å². The van der Waals surface area contributed by atoms with Gasteiger partial charge < -0.3 is 31.4 Å². The maximum Gasteiger partial charge on any atom is 0.224 e. The smallest absolute Gasteiger partial charge is 0.224 e. The number of likely N-dealkylation sites (tertiary alicyclic amines) is 1. The van der Waals surface area contributed by atoms with Gasteiger partial charge in [-0.05, 0) is 69.4 Å². The second-order valence-corrected chi connectivity index (χ2v) is 11.2. The van der Waals surface area contributed by atoms with Crippen LogP contribution >= 0.6 is 0 Å². The maximum atomic E-state index is 13.4. The van der Waals surface area contributed by atoms with E-state index in [1.54, 1.807) is 0 Å². The Morgan fingerprint density at radius 3 is 2.34 bits per heavy atom. The SMILES string of the molecule is CC1CCC(C)N1Cc1cc(N(C)C)c2c(c1O)C(=O)CC(CC(CCO)C(CO)C(=O)CC(N)=O)C2.O.[HH].[HH]. The molecule has 10 nitrogen and oxygen atoms in total. The van der Waals surface area contributed by atoms with Gasteiger partial charge in [-0.25, -0.2) is 0 Å². The van der Waals surface area contributed by atoms with E-state index in [-0.39, 0.29) is 45.2 Å². The number of carbonyl (C=O) groups is 3. The number of anilines is 1. The molecule has 1 aromatic carbocycles. The topological polar surface area (TPSA) is 176 Å². The highest BCUT2D eigenvalue weighted by Gasteiger charge is 2.37. The van der Waals surface area contributed by atoms with E-state index < -0.39 is 36.6 Å². The number of hydrogen-bond donors (Lipinski definition) is 4. The van der Waals surface area contributed by atoms with Gasteiger partial charge in [0.25, 0.3) is 0 Å². The Kier molecular flexibility index (Phi) is 11.3. The number of ketones is 2. The van der Waals surface area contributed by atoms with Crippen molar-refractivity contribution in [1.29, 1.82) is 0 Å². The molecular weight excluding hydrogens is 490 g/mol.